The second-order valence-corrected chi connectivity index (χ2v) is 2.52. The normalized spacial score (nSPS) is 12.8. The lowest BCUT2D eigenvalue weighted by atomic mass is 10.1. The summed E-state index contributed by atoms with van der Waals surface area (Å²) in [5.41, 5.74) is 5.38. The Hall–Kier alpha value is -1.47. The van der Waals surface area contributed by atoms with Crippen molar-refractivity contribution < 1.29 is 10.0 Å². The summed E-state index contributed by atoms with van der Waals surface area (Å²) in [6, 6.07) is 0. The first-order valence-electron chi connectivity index (χ1n) is 3.72. The second-order valence-electron chi connectivity index (χ2n) is 2.52. The monoisotopic (exact) mass is 186 g/mol. The standard InChI is InChI=1S/C6H10N4O3/c7-2-1-5(11)4-3-8-9-6(4)10(12)13/h3,5,11H,1-2,7H2,(H,8,9)/t5-/m0/s1. The van der Waals surface area contributed by atoms with E-state index in [1.807, 2.05) is 0 Å². The van der Waals surface area contributed by atoms with Gasteiger partial charge in [-0.15, -0.1) is 5.10 Å². The fourth-order valence-corrected chi connectivity index (χ4v) is 0.992. The zero-order chi connectivity index (χ0) is 9.84. The molecule has 0 saturated heterocycles. The summed E-state index contributed by atoms with van der Waals surface area (Å²) in [7, 11) is 0. The topological polar surface area (TPSA) is 118 Å². The van der Waals surface area contributed by atoms with Crippen molar-refractivity contribution in [2.24, 2.45) is 5.73 Å². The smallest absolute Gasteiger partial charge is 0.348 e. The largest absolute Gasteiger partial charge is 0.388 e. The van der Waals surface area contributed by atoms with E-state index in [-0.39, 0.29) is 24.3 Å². The molecule has 1 atom stereocenters. The van der Waals surface area contributed by atoms with Crippen LogP contribution in [0.25, 0.3) is 0 Å². The van der Waals surface area contributed by atoms with Gasteiger partial charge in [-0.2, -0.15) is 0 Å². The van der Waals surface area contributed by atoms with Crippen molar-refractivity contribution in [2.75, 3.05) is 6.54 Å². The van der Waals surface area contributed by atoms with E-state index in [2.05, 4.69) is 10.2 Å². The summed E-state index contributed by atoms with van der Waals surface area (Å²) in [6.07, 6.45) is 0.586. The third-order valence-corrected chi connectivity index (χ3v) is 1.63. The number of nitrogens with zero attached hydrogens (tertiary/aromatic N) is 2. The van der Waals surface area contributed by atoms with Gasteiger partial charge in [-0.3, -0.25) is 0 Å². The molecule has 0 spiro atoms. The lowest BCUT2D eigenvalue weighted by molar-refractivity contribution is -0.390. The van der Waals surface area contributed by atoms with Crippen molar-refractivity contribution in [2.45, 2.75) is 12.5 Å². The number of nitrogens with two attached hydrogens (primary N) is 1. The molecule has 1 rings (SSSR count). The molecule has 0 bridgehead atoms. The Bertz CT molecular complexity index is 298. The lowest BCUT2D eigenvalue weighted by Gasteiger charge is -2.05. The van der Waals surface area contributed by atoms with E-state index in [0.717, 1.165) is 0 Å². The highest BCUT2D eigenvalue weighted by molar-refractivity contribution is 5.31. The van der Waals surface area contributed by atoms with Crippen LogP contribution in [0.3, 0.4) is 0 Å². The van der Waals surface area contributed by atoms with Crippen molar-refractivity contribution >= 4 is 5.82 Å². The SMILES string of the molecule is NCC[C@H](O)c1cn[nH]c1[N+](=O)[O-]. The predicted octanol–water partition coefficient (Wildman–Crippen LogP) is -0.300. The number of aliphatic hydroxyl groups is 1. The van der Waals surface area contributed by atoms with Crippen LogP contribution < -0.4 is 5.73 Å². The van der Waals surface area contributed by atoms with Gasteiger partial charge in [0.15, 0.2) is 0 Å². The van der Waals surface area contributed by atoms with Gasteiger partial charge >= 0.3 is 5.82 Å². The third-order valence-electron chi connectivity index (χ3n) is 1.63. The second kappa shape index (κ2) is 3.97. The molecule has 0 fully saturated rings. The lowest BCUT2D eigenvalue weighted by Crippen LogP contribution is -2.07. The molecule has 0 aliphatic rings. The zero-order valence-corrected chi connectivity index (χ0v) is 6.80. The minimum atomic E-state index is -0.927. The van der Waals surface area contributed by atoms with Crippen molar-refractivity contribution in [3.63, 3.8) is 0 Å². The molecule has 0 aliphatic heterocycles. The Morgan fingerprint density at radius 2 is 2.54 bits per heavy atom. The molecule has 0 unspecified atom stereocenters. The number of hydrogen-bond acceptors (Lipinski definition) is 5. The highest BCUT2D eigenvalue weighted by Crippen LogP contribution is 2.23. The summed E-state index contributed by atoms with van der Waals surface area (Å²) in [6.45, 7) is 0.267. The van der Waals surface area contributed by atoms with Gasteiger partial charge in [0.05, 0.1) is 17.9 Å². The average Bonchev–Trinajstić information content (AvgIpc) is 2.52. The fraction of sp³-hybridized carbons (Fsp3) is 0.500. The van der Waals surface area contributed by atoms with Gasteiger partial charge in [0.2, 0.25) is 0 Å². The Kier molecular flexibility index (Phi) is 2.93. The van der Waals surface area contributed by atoms with E-state index in [9.17, 15) is 15.2 Å². The van der Waals surface area contributed by atoms with E-state index in [1.165, 1.54) is 6.20 Å². The van der Waals surface area contributed by atoms with Crippen LogP contribution in [0.15, 0.2) is 6.20 Å². The molecule has 1 aromatic heterocycles. The van der Waals surface area contributed by atoms with Crippen molar-refractivity contribution in [3.05, 3.63) is 21.9 Å². The molecule has 4 N–H and O–H groups in total. The maximum atomic E-state index is 10.4. The van der Waals surface area contributed by atoms with Crippen LogP contribution in [0.5, 0.6) is 0 Å². The van der Waals surface area contributed by atoms with E-state index < -0.39 is 11.0 Å². The van der Waals surface area contributed by atoms with E-state index in [1.54, 1.807) is 0 Å². The summed E-state index contributed by atoms with van der Waals surface area (Å²) >= 11 is 0. The minimum absolute atomic E-state index is 0.176. The van der Waals surface area contributed by atoms with Crippen molar-refractivity contribution in [1.29, 1.82) is 0 Å². The number of H-pyrrole nitrogens is 1. The highest BCUT2D eigenvalue weighted by Gasteiger charge is 2.21. The summed E-state index contributed by atoms with van der Waals surface area (Å²) in [5, 5.41) is 25.5. The maximum Gasteiger partial charge on any atom is 0.348 e. The molecule has 0 amide bonds. The van der Waals surface area contributed by atoms with Crippen LogP contribution in [0.4, 0.5) is 5.82 Å². The first-order chi connectivity index (χ1) is 6.16. The quantitative estimate of drug-likeness (QED) is 0.440. The summed E-state index contributed by atoms with van der Waals surface area (Å²) in [4.78, 5) is 9.76. The van der Waals surface area contributed by atoms with Gasteiger partial charge in [0.1, 0.15) is 0 Å². The molecule has 0 aliphatic carbocycles. The van der Waals surface area contributed by atoms with Crippen molar-refractivity contribution in [1.82, 2.24) is 10.2 Å². The van der Waals surface area contributed by atoms with Crippen LogP contribution in [0.2, 0.25) is 0 Å². The van der Waals surface area contributed by atoms with Crippen LogP contribution in [0, 0.1) is 10.1 Å². The van der Waals surface area contributed by atoms with E-state index in [0.29, 0.717) is 0 Å². The molecular weight excluding hydrogens is 176 g/mol. The maximum absolute atomic E-state index is 10.4. The number of aromatic amines is 1. The van der Waals surface area contributed by atoms with Gasteiger partial charge in [-0.1, -0.05) is 5.10 Å². The third kappa shape index (κ3) is 2.01. The first-order valence-corrected chi connectivity index (χ1v) is 3.72. The number of rotatable bonds is 4. The molecule has 0 aromatic carbocycles. The van der Waals surface area contributed by atoms with Gasteiger partial charge in [0, 0.05) is 0 Å². The summed E-state index contributed by atoms with van der Waals surface area (Å²) in [5.74, 6) is -0.277. The minimum Gasteiger partial charge on any atom is -0.388 e. The van der Waals surface area contributed by atoms with Crippen LogP contribution in [-0.2, 0) is 0 Å². The Balaban J connectivity index is 2.86. The molecule has 72 valence electrons. The van der Waals surface area contributed by atoms with Crippen LogP contribution >= 0.6 is 0 Å². The average molecular weight is 186 g/mol. The molecule has 7 nitrogen and oxygen atoms in total. The van der Waals surface area contributed by atoms with Crippen molar-refractivity contribution in [3.8, 4) is 0 Å². The Morgan fingerprint density at radius 3 is 3.08 bits per heavy atom. The molecule has 13 heavy (non-hydrogen) atoms. The number of nitro groups is 1. The number of aliphatic hydroxyl groups excluding tert-OH is 1. The Morgan fingerprint density at radius 1 is 1.85 bits per heavy atom. The first kappa shape index (κ1) is 9.62. The van der Waals surface area contributed by atoms with E-state index in [4.69, 9.17) is 5.73 Å². The molecule has 0 radical (unpaired) electrons. The zero-order valence-electron chi connectivity index (χ0n) is 6.80. The highest BCUT2D eigenvalue weighted by atomic mass is 16.6. The molecule has 0 saturated carbocycles. The predicted molar refractivity (Wildman–Crippen MR) is 43.9 cm³/mol. The van der Waals surface area contributed by atoms with Gasteiger partial charge in [-0.05, 0) is 17.9 Å². The molecule has 7 heteroatoms. The van der Waals surface area contributed by atoms with Crippen LogP contribution in [-0.4, -0.2) is 26.8 Å². The Labute approximate surface area is 73.7 Å². The molecular formula is C6H10N4O3. The number of aromatic nitrogens is 2. The van der Waals surface area contributed by atoms with Crippen LogP contribution in [0.1, 0.15) is 18.1 Å². The van der Waals surface area contributed by atoms with Gasteiger partial charge < -0.3 is 21.0 Å². The number of nitrogens with one attached hydrogen (secondary N) is 1. The molecule has 1 heterocycles. The van der Waals surface area contributed by atoms with E-state index >= 15 is 0 Å². The summed E-state index contributed by atoms with van der Waals surface area (Å²) < 4.78 is 0. The van der Waals surface area contributed by atoms with Gasteiger partial charge in [-0.25, -0.2) is 0 Å². The number of hydrogen-bond donors (Lipinski definition) is 3. The van der Waals surface area contributed by atoms with Gasteiger partial charge in [0.25, 0.3) is 0 Å². The fourth-order valence-electron chi connectivity index (χ4n) is 0.992. The molecule has 1 aromatic rings.